The lowest BCUT2D eigenvalue weighted by molar-refractivity contribution is -0.870. The lowest BCUT2D eigenvalue weighted by Crippen LogP contribution is -2.46. The second kappa shape index (κ2) is 52.4. The standard InChI is InChI=1S/C60H123N2O6P/c1-6-8-10-12-14-16-18-20-22-24-26-27-28-29-30-31-32-33-34-36-37-39-41-43-45-47-49-51-53-59(63)58(57-68-69(65,66)67-56-55-62(3,4)5)61-60(64)54-52-50-48-46-44-42-40-38-35-25-23-21-19-17-15-13-11-9-7-2/h58-59,63H,6-57H2,1-5H3,(H-,61,64,65,66)/p+1. The lowest BCUT2D eigenvalue weighted by atomic mass is 10.0. The summed E-state index contributed by atoms with van der Waals surface area (Å²) < 4.78 is 23.8. The van der Waals surface area contributed by atoms with Gasteiger partial charge in [-0.3, -0.25) is 13.8 Å². The molecule has 3 atom stereocenters. The van der Waals surface area contributed by atoms with Crippen LogP contribution in [0.2, 0.25) is 0 Å². The number of carbonyl (C=O) groups is 1. The van der Waals surface area contributed by atoms with Gasteiger partial charge < -0.3 is 19.8 Å². The molecular formula is C60H124N2O6P+. The molecule has 0 bridgehead atoms. The van der Waals surface area contributed by atoms with Gasteiger partial charge in [0, 0.05) is 6.42 Å². The molecule has 0 spiro atoms. The molecule has 3 N–H and O–H groups in total. The van der Waals surface area contributed by atoms with Crippen molar-refractivity contribution in [2.24, 2.45) is 0 Å². The zero-order valence-electron chi connectivity index (χ0n) is 47.3. The highest BCUT2D eigenvalue weighted by molar-refractivity contribution is 7.47. The largest absolute Gasteiger partial charge is 0.472 e. The summed E-state index contributed by atoms with van der Waals surface area (Å²) in [4.78, 5) is 23.4. The molecule has 0 aromatic rings. The normalized spacial score (nSPS) is 13.8. The van der Waals surface area contributed by atoms with E-state index in [1.165, 1.54) is 263 Å². The molecule has 0 aliphatic heterocycles. The maximum absolute atomic E-state index is 13.0. The zero-order valence-corrected chi connectivity index (χ0v) is 48.2. The highest BCUT2D eigenvalue weighted by Crippen LogP contribution is 2.43. The predicted molar refractivity (Wildman–Crippen MR) is 300 cm³/mol. The predicted octanol–water partition coefficient (Wildman–Crippen LogP) is 18.8. The van der Waals surface area contributed by atoms with E-state index < -0.39 is 20.0 Å². The Morgan fingerprint density at radius 2 is 0.696 bits per heavy atom. The Kier molecular flexibility index (Phi) is 52.0. The molecule has 0 aromatic carbocycles. The number of quaternary nitrogens is 1. The van der Waals surface area contributed by atoms with Crippen LogP contribution in [0.4, 0.5) is 0 Å². The maximum Gasteiger partial charge on any atom is 0.472 e. The molecule has 69 heavy (non-hydrogen) atoms. The van der Waals surface area contributed by atoms with Crippen LogP contribution < -0.4 is 5.32 Å². The van der Waals surface area contributed by atoms with Crippen LogP contribution in [0.5, 0.6) is 0 Å². The summed E-state index contributed by atoms with van der Waals surface area (Å²) in [5, 5.41) is 14.1. The quantitative estimate of drug-likeness (QED) is 0.0318. The van der Waals surface area contributed by atoms with Crippen molar-refractivity contribution in [2.45, 2.75) is 341 Å². The summed E-state index contributed by atoms with van der Waals surface area (Å²) in [6, 6.07) is -0.755. The third-order valence-corrected chi connectivity index (χ3v) is 15.6. The number of carbonyl (C=O) groups excluding carboxylic acids is 1. The van der Waals surface area contributed by atoms with E-state index in [-0.39, 0.29) is 19.1 Å². The van der Waals surface area contributed by atoms with Gasteiger partial charge in [-0.2, -0.15) is 0 Å². The second-order valence-electron chi connectivity index (χ2n) is 22.8. The number of phosphoric acid groups is 1. The van der Waals surface area contributed by atoms with E-state index in [1.807, 2.05) is 21.1 Å². The Morgan fingerprint density at radius 1 is 0.435 bits per heavy atom. The Labute approximate surface area is 431 Å². The highest BCUT2D eigenvalue weighted by Gasteiger charge is 2.28. The maximum atomic E-state index is 13.0. The minimum Gasteiger partial charge on any atom is -0.391 e. The molecule has 0 aliphatic rings. The summed E-state index contributed by atoms with van der Waals surface area (Å²) in [7, 11) is 1.64. The van der Waals surface area contributed by atoms with Gasteiger partial charge in [-0.25, -0.2) is 4.57 Å². The number of aliphatic hydroxyl groups excluding tert-OH is 1. The number of hydrogen-bond donors (Lipinski definition) is 3. The van der Waals surface area contributed by atoms with Crippen molar-refractivity contribution in [3.63, 3.8) is 0 Å². The number of amides is 1. The molecule has 0 aromatic heterocycles. The molecular weight excluding hydrogens is 876 g/mol. The van der Waals surface area contributed by atoms with Gasteiger partial charge in [0.15, 0.2) is 0 Å². The first-order chi connectivity index (χ1) is 33.5. The van der Waals surface area contributed by atoms with Gasteiger partial charge in [-0.15, -0.1) is 0 Å². The van der Waals surface area contributed by atoms with Crippen molar-refractivity contribution in [2.75, 3.05) is 40.9 Å². The van der Waals surface area contributed by atoms with Crippen molar-refractivity contribution in [1.29, 1.82) is 0 Å². The van der Waals surface area contributed by atoms with Gasteiger partial charge >= 0.3 is 7.82 Å². The van der Waals surface area contributed by atoms with E-state index in [1.54, 1.807) is 0 Å². The van der Waals surface area contributed by atoms with Gasteiger partial charge in [-0.05, 0) is 12.8 Å². The Morgan fingerprint density at radius 3 is 0.971 bits per heavy atom. The fourth-order valence-electron chi connectivity index (χ4n) is 9.76. The van der Waals surface area contributed by atoms with Gasteiger partial charge in [-0.1, -0.05) is 309 Å². The molecule has 3 unspecified atom stereocenters. The summed E-state index contributed by atoms with van der Waals surface area (Å²) in [5.74, 6) is -0.135. The van der Waals surface area contributed by atoms with Crippen molar-refractivity contribution in [1.82, 2.24) is 5.32 Å². The van der Waals surface area contributed by atoms with Crippen LogP contribution >= 0.6 is 7.82 Å². The Balaban J connectivity index is 4.05. The smallest absolute Gasteiger partial charge is 0.391 e. The molecule has 0 radical (unpaired) electrons. The van der Waals surface area contributed by atoms with Gasteiger partial charge in [0.2, 0.25) is 5.91 Å². The molecule has 1 amide bonds. The number of hydrogen-bond acceptors (Lipinski definition) is 5. The van der Waals surface area contributed by atoms with E-state index >= 15 is 0 Å². The van der Waals surface area contributed by atoms with Crippen LogP contribution in [0.1, 0.15) is 328 Å². The van der Waals surface area contributed by atoms with Crippen LogP contribution in [-0.2, 0) is 18.4 Å². The Hall–Kier alpha value is -0.500. The number of unbranched alkanes of at least 4 members (excludes halogenated alkanes) is 45. The zero-order chi connectivity index (χ0) is 50.6. The number of rotatable bonds is 58. The summed E-state index contributed by atoms with van der Waals surface area (Å²) >= 11 is 0. The molecule has 0 saturated heterocycles. The first-order valence-corrected chi connectivity index (χ1v) is 32.4. The fourth-order valence-corrected chi connectivity index (χ4v) is 10.5. The first-order valence-electron chi connectivity index (χ1n) is 30.9. The molecule has 0 heterocycles. The first kappa shape index (κ1) is 68.5. The third kappa shape index (κ3) is 55.1. The number of nitrogens with zero attached hydrogens (tertiary/aromatic N) is 1. The number of nitrogens with one attached hydrogen (secondary N) is 1. The second-order valence-corrected chi connectivity index (χ2v) is 24.3. The van der Waals surface area contributed by atoms with Crippen LogP contribution in [0.3, 0.4) is 0 Å². The summed E-state index contributed by atoms with van der Waals surface area (Å²) in [5.41, 5.74) is 0. The minimum absolute atomic E-state index is 0.0793. The van der Waals surface area contributed by atoms with Crippen LogP contribution in [0.25, 0.3) is 0 Å². The van der Waals surface area contributed by atoms with Gasteiger partial charge in [0.1, 0.15) is 13.2 Å². The van der Waals surface area contributed by atoms with Crippen LogP contribution in [0.15, 0.2) is 0 Å². The van der Waals surface area contributed by atoms with Gasteiger partial charge in [0.05, 0.1) is 39.9 Å². The third-order valence-electron chi connectivity index (χ3n) is 14.6. The topological polar surface area (TPSA) is 105 Å². The molecule has 8 nitrogen and oxygen atoms in total. The van der Waals surface area contributed by atoms with Gasteiger partial charge in [0.25, 0.3) is 0 Å². The van der Waals surface area contributed by atoms with E-state index in [9.17, 15) is 19.4 Å². The fraction of sp³-hybridized carbons (Fsp3) is 0.983. The van der Waals surface area contributed by atoms with E-state index in [2.05, 4.69) is 19.2 Å². The highest BCUT2D eigenvalue weighted by atomic mass is 31.2. The van der Waals surface area contributed by atoms with Crippen LogP contribution in [-0.4, -0.2) is 73.4 Å². The lowest BCUT2D eigenvalue weighted by Gasteiger charge is -2.26. The minimum atomic E-state index is -4.32. The number of phosphoric ester groups is 1. The van der Waals surface area contributed by atoms with Crippen molar-refractivity contribution in [3.05, 3.63) is 0 Å². The van der Waals surface area contributed by atoms with Crippen LogP contribution in [0, 0.1) is 0 Å². The molecule has 414 valence electrons. The number of aliphatic hydroxyl groups is 1. The van der Waals surface area contributed by atoms with E-state index in [4.69, 9.17) is 9.05 Å². The molecule has 0 saturated carbocycles. The average molecular weight is 1000 g/mol. The monoisotopic (exact) mass is 1000 g/mol. The summed E-state index contributed by atoms with van der Waals surface area (Å²) in [6.07, 6.45) is 63.2. The average Bonchev–Trinajstić information content (AvgIpc) is 3.31. The molecule has 0 fully saturated rings. The van der Waals surface area contributed by atoms with Crippen molar-refractivity contribution in [3.8, 4) is 0 Å². The molecule has 0 aliphatic carbocycles. The summed E-state index contributed by atoms with van der Waals surface area (Å²) in [6.45, 7) is 4.95. The SMILES string of the molecule is CCCCCCCCCCCCCCCCCCCCCCCCCCCCCCC(O)C(COP(=O)(O)OCC[N+](C)(C)C)NC(=O)CCCCCCCCCCCCCCCCCCCCC. The van der Waals surface area contributed by atoms with Crippen molar-refractivity contribution >= 4 is 13.7 Å². The number of likely N-dealkylation sites (N-methyl/N-ethyl adjacent to an activating group) is 1. The van der Waals surface area contributed by atoms with Crippen molar-refractivity contribution < 1.29 is 32.9 Å². The van der Waals surface area contributed by atoms with E-state index in [0.717, 1.165) is 38.5 Å². The molecule has 0 rings (SSSR count). The van der Waals surface area contributed by atoms with E-state index in [0.29, 0.717) is 23.9 Å². The molecule has 9 heteroatoms. The Bertz CT molecular complexity index is 1090.